The van der Waals surface area contributed by atoms with Crippen LogP contribution in [0.15, 0.2) is 77.0 Å². The molecule has 5 heteroatoms. The van der Waals surface area contributed by atoms with Gasteiger partial charge in [0.2, 0.25) is 0 Å². The van der Waals surface area contributed by atoms with E-state index in [9.17, 15) is 9.90 Å². The number of aliphatic hydroxyl groups excluding tert-OH is 1. The fourth-order valence-corrected chi connectivity index (χ4v) is 6.83. The topological polar surface area (TPSA) is 63.3 Å². The van der Waals surface area contributed by atoms with Crippen molar-refractivity contribution in [2.75, 3.05) is 0 Å². The van der Waals surface area contributed by atoms with Crippen LogP contribution in [0.1, 0.15) is 64.7 Å². The molecule has 233 valence electrons. The average Bonchev–Trinajstić information content (AvgIpc) is 3.35. The molecule has 1 radical (unpaired) electrons. The molecule has 45 heavy (non-hydrogen) atoms. The van der Waals surface area contributed by atoms with E-state index in [0.717, 1.165) is 58.7 Å². The maximum absolute atomic E-state index is 11.7. The van der Waals surface area contributed by atoms with Crippen LogP contribution in [0.4, 0.5) is 0 Å². The Balaban J connectivity index is 0.000000217. The van der Waals surface area contributed by atoms with E-state index in [0.29, 0.717) is 0 Å². The largest absolute Gasteiger partial charge is 0.512 e. The van der Waals surface area contributed by atoms with Gasteiger partial charge in [-0.2, -0.15) is 0 Å². The molecule has 2 heterocycles. The second-order valence-corrected chi connectivity index (χ2v) is 11.9. The summed E-state index contributed by atoms with van der Waals surface area (Å²) in [5, 5.41) is 21.7. The molecule has 0 amide bonds. The van der Waals surface area contributed by atoms with Gasteiger partial charge in [-0.25, -0.2) is 0 Å². The van der Waals surface area contributed by atoms with Gasteiger partial charge in [0, 0.05) is 60.5 Å². The molecule has 0 atom stereocenters. The van der Waals surface area contributed by atoms with Crippen LogP contribution in [0.3, 0.4) is 0 Å². The van der Waals surface area contributed by atoms with Crippen LogP contribution in [-0.2, 0) is 24.9 Å². The van der Waals surface area contributed by atoms with Crippen LogP contribution in [0.2, 0.25) is 0 Å². The van der Waals surface area contributed by atoms with Crippen molar-refractivity contribution >= 4 is 70.7 Å². The number of fused-ring (bicyclic) bond motifs is 7. The van der Waals surface area contributed by atoms with Crippen molar-refractivity contribution in [3.05, 3.63) is 90.0 Å². The van der Waals surface area contributed by atoms with Crippen LogP contribution in [0.5, 0.6) is 0 Å². The van der Waals surface area contributed by atoms with Crippen molar-refractivity contribution in [3.63, 3.8) is 0 Å². The van der Waals surface area contributed by atoms with Gasteiger partial charge in [0.25, 0.3) is 0 Å². The molecule has 0 fully saturated rings. The number of nitrogens with zero attached hydrogens (tertiary/aromatic N) is 1. The maximum Gasteiger partial charge on any atom is 0.162 e. The summed E-state index contributed by atoms with van der Waals surface area (Å²) in [5.74, 6) is 1.53. The molecule has 0 aliphatic rings. The Hall–Kier alpha value is -3.79. The Morgan fingerprint density at radius 1 is 0.844 bits per heavy atom. The van der Waals surface area contributed by atoms with Gasteiger partial charge in [-0.15, -0.1) is 23.6 Å². The minimum atomic E-state index is 0. The summed E-state index contributed by atoms with van der Waals surface area (Å²) in [6.07, 6.45) is 6.81. The molecule has 1 N–H and O–H groups in total. The molecular weight excluding hydrogens is 735 g/mol. The minimum Gasteiger partial charge on any atom is -0.512 e. The second-order valence-electron chi connectivity index (χ2n) is 11.9. The number of rotatable bonds is 7. The summed E-state index contributed by atoms with van der Waals surface area (Å²) in [5.41, 5.74) is 3.18. The van der Waals surface area contributed by atoms with E-state index in [2.05, 4.69) is 67.6 Å². The van der Waals surface area contributed by atoms with Crippen LogP contribution in [-0.4, -0.2) is 15.9 Å². The Morgan fingerprint density at radius 3 is 2.24 bits per heavy atom. The third kappa shape index (κ3) is 5.51. The predicted octanol–water partition coefficient (Wildman–Crippen LogP) is 11.3. The molecule has 5 aromatic carbocycles. The van der Waals surface area contributed by atoms with Crippen LogP contribution >= 0.6 is 0 Å². The number of hydrogen-bond acceptors (Lipinski definition) is 4. The van der Waals surface area contributed by atoms with E-state index >= 15 is 0 Å². The Labute approximate surface area is 278 Å². The zero-order chi connectivity index (χ0) is 31.1. The van der Waals surface area contributed by atoms with Crippen LogP contribution in [0, 0.1) is 31.7 Å². The van der Waals surface area contributed by atoms with E-state index in [1.807, 2.05) is 40.8 Å². The fraction of sp³-hybridized carbons (Fsp3) is 0.300. The van der Waals surface area contributed by atoms with Gasteiger partial charge in [0.1, 0.15) is 11.3 Å². The monoisotopic (exact) mass is 775 g/mol. The van der Waals surface area contributed by atoms with Crippen molar-refractivity contribution in [1.82, 2.24) is 4.98 Å². The number of pyridine rings is 1. The van der Waals surface area contributed by atoms with Crippen molar-refractivity contribution < 1.29 is 34.4 Å². The normalized spacial score (nSPS) is 12.2. The number of carbonyl (C=O) groups is 1. The molecule has 0 unspecified atom stereocenters. The number of aliphatic hydroxyl groups is 1. The molecule has 0 bridgehead atoms. The molecule has 7 aromatic rings. The standard InChI is InChI=1S/C27H16NO.C13H24O2.Ir/c1-14-15(2)29-27-20-10-11-28-26-22-13-17-7-4-3-6-16(17)12-21(22)18-8-5-9-19(23(14)27)24(18)25(20)26;1-5-10(6-2)12(14)9-13(15)11(7-3)8-4;/h3-12H,1-2H3;9-11,14H,5-8H2,1-4H3;/q-1;;/b;12-9-;. The Bertz CT molecular complexity index is 2180. The number of ketones is 1. The Morgan fingerprint density at radius 2 is 1.53 bits per heavy atom. The van der Waals surface area contributed by atoms with E-state index < -0.39 is 0 Å². The first-order valence-corrected chi connectivity index (χ1v) is 16.0. The van der Waals surface area contributed by atoms with Gasteiger partial charge in [-0.3, -0.25) is 9.78 Å². The quantitative estimate of drug-likeness (QED) is 0.0576. The number of hydrogen-bond donors (Lipinski definition) is 1. The van der Waals surface area contributed by atoms with E-state index in [1.165, 1.54) is 49.3 Å². The summed E-state index contributed by atoms with van der Waals surface area (Å²) >= 11 is 0. The number of aromatic nitrogens is 1. The van der Waals surface area contributed by atoms with Crippen LogP contribution < -0.4 is 0 Å². The predicted molar refractivity (Wildman–Crippen MR) is 185 cm³/mol. The van der Waals surface area contributed by atoms with Crippen molar-refractivity contribution in [3.8, 4) is 0 Å². The van der Waals surface area contributed by atoms with Gasteiger partial charge in [-0.1, -0.05) is 80.3 Å². The number of carbonyl (C=O) groups excluding carboxylic acids is 1. The third-order valence-corrected chi connectivity index (χ3v) is 9.56. The molecular formula is C40H40IrNO3-. The van der Waals surface area contributed by atoms with Gasteiger partial charge < -0.3 is 9.52 Å². The number of allylic oxidation sites excluding steroid dienone is 2. The van der Waals surface area contributed by atoms with Crippen molar-refractivity contribution in [2.45, 2.75) is 67.2 Å². The molecule has 4 nitrogen and oxygen atoms in total. The minimum absolute atomic E-state index is 0. The van der Waals surface area contributed by atoms with Gasteiger partial charge in [0.05, 0.1) is 5.76 Å². The first-order valence-electron chi connectivity index (χ1n) is 16.0. The molecule has 0 saturated carbocycles. The van der Waals surface area contributed by atoms with E-state index in [4.69, 9.17) is 9.40 Å². The molecule has 0 aliphatic heterocycles. The van der Waals surface area contributed by atoms with Crippen molar-refractivity contribution in [1.29, 1.82) is 0 Å². The van der Waals surface area contributed by atoms with Gasteiger partial charge in [0.15, 0.2) is 5.78 Å². The summed E-state index contributed by atoms with van der Waals surface area (Å²) in [7, 11) is 0. The third-order valence-electron chi connectivity index (χ3n) is 9.56. The first kappa shape index (κ1) is 32.6. The summed E-state index contributed by atoms with van der Waals surface area (Å²) < 4.78 is 6.26. The van der Waals surface area contributed by atoms with Gasteiger partial charge >= 0.3 is 0 Å². The van der Waals surface area contributed by atoms with Crippen LogP contribution in [0.25, 0.3) is 65.0 Å². The summed E-state index contributed by atoms with van der Waals surface area (Å²) in [6, 6.07) is 23.1. The first-order chi connectivity index (χ1) is 21.3. The molecule has 7 rings (SSSR count). The second kappa shape index (κ2) is 13.3. The maximum atomic E-state index is 11.7. The van der Waals surface area contributed by atoms with E-state index in [1.54, 1.807) is 0 Å². The zero-order valence-corrected chi connectivity index (χ0v) is 29.3. The van der Waals surface area contributed by atoms with E-state index in [-0.39, 0.29) is 43.5 Å². The molecule has 2 aromatic heterocycles. The average molecular weight is 775 g/mol. The molecule has 0 aliphatic carbocycles. The molecule has 0 spiro atoms. The van der Waals surface area contributed by atoms with Crippen molar-refractivity contribution in [2.24, 2.45) is 11.8 Å². The number of furan rings is 1. The smallest absolute Gasteiger partial charge is 0.162 e. The fourth-order valence-electron chi connectivity index (χ4n) is 6.83. The summed E-state index contributed by atoms with van der Waals surface area (Å²) in [4.78, 5) is 16.5. The zero-order valence-electron chi connectivity index (χ0n) is 26.9. The Kier molecular flexibility index (Phi) is 9.62. The molecule has 0 saturated heterocycles. The number of benzene rings is 5. The summed E-state index contributed by atoms with van der Waals surface area (Å²) in [6.45, 7) is 12.3. The SMILES string of the molecule is CCC(CC)C(=O)/C=C(\O)C(CC)CC.Cc1oc2c3ccnc4c5[c-]c6ccccc6cc5c5cccc(c2c1C)c5c34.[Ir]. The van der Waals surface area contributed by atoms with Gasteiger partial charge in [-0.05, 0) is 72.7 Å². The number of aryl methyl sites for hydroxylation is 2.